The van der Waals surface area contributed by atoms with Gasteiger partial charge in [0.2, 0.25) is 0 Å². The molecule has 0 spiro atoms. The predicted octanol–water partition coefficient (Wildman–Crippen LogP) is 6.20. The molecular weight excluding hydrogens is 377 g/mol. The average Bonchev–Trinajstić information content (AvgIpc) is 3.01. The Hall–Kier alpha value is -2.28. The minimum atomic E-state index is 0.339. The van der Waals surface area contributed by atoms with Crippen LogP contribution >= 0.6 is 23.2 Å². The summed E-state index contributed by atoms with van der Waals surface area (Å²) in [7, 11) is 0. The van der Waals surface area contributed by atoms with Gasteiger partial charge >= 0.3 is 0 Å². The first kappa shape index (κ1) is 19.5. The molecule has 1 heterocycles. The Kier molecular flexibility index (Phi) is 6.55. The van der Waals surface area contributed by atoms with Gasteiger partial charge in [-0.1, -0.05) is 67.4 Å². The molecule has 27 heavy (non-hydrogen) atoms. The zero-order chi connectivity index (χ0) is 19.2. The van der Waals surface area contributed by atoms with E-state index >= 15 is 0 Å². The van der Waals surface area contributed by atoms with Crippen molar-refractivity contribution in [2.24, 2.45) is 0 Å². The van der Waals surface area contributed by atoms with Gasteiger partial charge in [-0.2, -0.15) is 5.26 Å². The van der Waals surface area contributed by atoms with Crippen LogP contribution in [0.25, 0.3) is 11.1 Å². The van der Waals surface area contributed by atoms with Crippen LogP contribution in [0.15, 0.2) is 48.5 Å². The van der Waals surface area contributed by atoms with Crippen molar-refractivity contribution in [1.29, 1.82) is 5.26 Å². The van der Waals surface area contributed by atoms with E-state index in [2.05, 4.69) is 46.8 Å². The van der Waals surface area contributed by atoms with Crippen LogP contribution in [0.1, 0.15) is 42.4 Å². The molecule has 0 saturated carbocycles. The summed E-state index contributed by atoms with van der Waals surface area (Å²) in [5.74, 6) is 1.32. The van der Waals surface area contributed by atoms with Crippen LogP contribution in [-0.2, 0) is 18.8 Å². The Labute approximate surface area is 170 Å². The van der Waals surface area contributed by atoms with Crippen LogP contribution < -0.4 is 0 Å². The number of benzene rings is 2. The number of unbranched alkanes of at least 4 members (excludes halogenated alkanes) is 1. The molecule has 3 nitrogen and oxygen atoms in total. The quantitative estimate of drug-likeness (QED) is 0.444. The van der Waals surface area contributed by atoms with E-state index in [9.17, 15) is 5.26 Å². The van der Waals surface area contributed by atoms with Crippen LogP contribution in [0.4, 0.5) is 0 Å². The number of hydrogen-bond donors (Lipinski definition) is 0. The van der Waals surface area contributed by atoms with Gasteiger partial charge < -0.3 is 4.57 Å². The van der Waals surface area contributed by atoms with Crippen LogP contribution in [0.5, 0.6) is 0 Å². The first-order valence-electron chi connectivity index (χ1n) is 9.06. The first-order chi connectivity index (χ1) is 13.2. The van der Waals surface area contributed by atoms with Crippen molar-refractivity contribution in [3.63, 3.8) is 0 Å². The van der Waals surface area contributed by atoms with Crippen molar-refractivity contribution >= 4 is 23.2 Å². The highest BCUT2D eigenvalue weighted by molar-refractivity contribution is 6.31. The molecule has 5 heteroatoms. The standard InChI is InChI=1S/C22H21Cl2N3/c1-2-3-8-21-26-22(24)20(13-23)27(21)15-16-9-11-17(12-10-16)19-7-5-4-6-18(19)14-25/h4-7,9-12H,2-3,8,13,15H2,1H3. The lowest BCUT2D eigenvalue weighted by atomic mass is 9.99. The van der Waals surface area contributed by atoms with Gasteiger partial charge in [0.05, 0.1) is 23.2 Å². The van der Waals surface area contributed by atoms with Crippen molar-refractivity contribution in [2.75, 3.05) is 0 Å². The molecule has 0 fully saturated rings. The number of nitriles is 1. The Balaban J connectivity index is 1.88. The van der Waals surface area contributed by atoms with E-state index in [1.807, 2.05) is 24.3 Å². The van der Waals surface area contributed by atoms with Crippen molar-refractivity contribution in [1.82, 2.24) is 9.55 Å². The first-order valence-corrected chi connectivity index (χ1v) is 9.97. The van der Waals surface area contributed by atoms with Crippen molar-refractivity contribution in [3.8, 4) is 17.2 Å². The Morgan fingerprint density at radius 3 is 2.52 bits per heavy atom. The van der Waals surface area contributed by atoms with Gasteiger partial charge in [-0.15, -0.1) is 11.6 Å². The molecule has 1 aromatic heterocycles. The molecule has 0 amide bonds. The van der Waals surface area contributed by atoms with Crippen LogP contribution in [0, 0.1) is 11.3 Å². The zero-order valence-corrected chi connectivity index (χ0v) is 16.8. The fraction of sp³-hybridized carbons (Fsp3) is 0.273. The summed E-state index contributed by atoms with van der Waals surface area (Å²) < 4.78 is 2.13. The van der Waals surface area contributed by atoms with Crippen molar-refractivity contribution in [2.45, 2.75) is 38.6 Å². The average molecular weight is 398 g/mol. The maximum atomic E-state index is 9.31. The molecule has 3 rings (SSSR count). The zero-order valence-electron chi connectivity index (χ0n) is 15.3. The molecule has 0 N–H and O–H groups in total. The molecule has 0 unspecified atom stereocenters. The number of hydrogen-bond acceptors (Lipinski definition) is 2. The maximum Gasteiger partial charge on any atom is 0.151 e. The minimum absolute atomic E-state index is 0.339. The highest BCUT2D eigenvalue weighted by atomic mass is 35.5. The second kappa shape index (κ2) is 9.08. The monoisotopic (exact) mass is 397 g/mol. The van der Waals surface area contributed by atoms with Crippen molar-refractivity contribution < 1.29 is 0 Å². The third kappa shape index (κ3) is 4.35. The molecule has 0 saturated heterocycles. The highest BCUT2D eigenvalue weighted by Crippen LogP contribution is 2.25. The van der Waals surface area contributed by atoms with Gasteiger partial charge in [0, 0.05) is 13.0 Å². The summed E-state index contributed by atoms with van der Waals surface area (Å²) in [4.78, 5) is 4.51. The summed E-state index contributed by atoms with van der Waals surface area (Å²) in [6.07, 6.45) is 3.06. The van der Waals surface area contributed by atoms with E-state index < -0.39 is 0 Å². The Morgan fingerprint density at radius 1 is 1.11 bits per heavy atom. The number of alkyl halides is 1. The number of aromatic nitrogens is 2. The van der Waals surface area contributed by atoms with Gasteiger partial charge in [0.1, 0.15) is 5.82 Å². The SMILES string of the molecule is CCCCc1nc(Cl)c(CCl)n1Cc1ccc(-c2ccccc2C#N)cc1. The summed E-state index contributed by atoms with van der Waals surface area (Å²) >= 11 is 12.4. The molecule has 138 valence electrons. The van der Waals surface area contributed by atoms with Gasteiger partial charge in [0.15, 0.2) is 5.15 Å². The number of imidazole rings is 1. The second-order valence-electron chi connectivity index (χ2n) is 6.44. The molecule has 0 atom stereocenters. The van der Waals surface area contributed by atoms with E-state index in [0.717, 1.165) is 47.5 Å². The maximum absolute atomic E-state index is 9.31. The van der Waals surface area contributed by atoms with Crippen LogP contribution in [0.3, 0.4) is 0 Å². The highest BCUT2D eigenvalue weighted by Gasteiger charge is 2.15. The number of rotatable bonds is 7. The third-order valence-electron chi connectivity index (χ3n) is 4.64. The summed E-state index contributed by atoms with van der Waals surface area (Å²) in [5, 5.41) is 9.80. The minimum Gasteiger partial charge on any atom is -0.325 e. The van der Waals surface area contributed by atoms with E-state index in [1.54, 1.807) is 0 Å². The fourth-order valence-corrected chi connectivity index (χ4v) is 3.76. The number of halogens is 2. The van der Waals surface area contributed by atoms with Crippen LogP contribution in [0.2, 0.25) is 5.15 Å². The molecule has 0 bridgehead atoms. The van der Waals surface area contributed by atoms with E-state index in [1.165, 1.54) is 0 Å². The van der Waals surface area contributed by atoms with E-state index in [-0.39, 0.29) is 0 Å². The Morgan fingerprint density at radius 2 is 1.85 bits per heavy atom. The predicted molar refractivity (Wildman–Crippen MR) is 111 cm³/mol. The van der Waals surface area contributed by atoms with E-state index in [4.69, 9.17) is 23.2 Å². The lowest BCUT2D eigenvalue weighted by Crippen LogP contribution is -2.08. The van der Waals surface area contributed by atoms with Crippen molar-refractivity contribution in [3.05, 3.63) is 76.3 Å². The molecule has 0 radical (unpaired) electrons. The second-order valence-corrected chi connectivity index (χ2v) is 7.07. The summed E-state index contributed by atoms with van der Waals surface area (Å²) in [6.45, 7) is 2.84. The molecule has 2 aromatic carbocycles. The fourth-order valence-electron chi connectivity index (χ4n) is 3.15. The number of nitrogens with zero attached hydrogens (tertiary/aromatic N) is 3. The normalized spacial score (nSPS) is 10.7. The van der Waals surface area contributed by atoms with Gasteiger partial charge in [0.25, 0.3) is 0 Å². The molecule has 0 aliphatic rings. The van der Waals surface area contributed by atoms with E-state index in [0.29, 0.717) is 23.1 Å². The largest absolute Gasteiger partial charge is 0.325 e. The smallest absolute Gasteiger partial charge is 0.151 e. The summed E-state index contributed by atoms with van der Waals surface area (Å²) in [5.41, 5.74) is 4.67. The number of aryl methyl sites for hydroxylation is 1. The van der Waals surface area contributed by atoms with Crippen LogP contribution in [-0.4, -0.2) is 9.55 Å². The van der Waals surface area contributed by atoms with Gasteiger partial charge in [-0.05, 0) is 29.2 Å². The molecule has 0 aliphatic heterocycles. The summed E-state index contributed by atoms with van der Waals surface area (Å²) in [6, 6.07) is 18.2. The third-order valence-corrected chi connectivity index (χ3v) is 5.19. The lowest BCUT2D eigenvalue weighted by molar-refractivity contribution is 0.665. The lowest BCUT2D eigenvalue weighted by Gasteiger charge is -2.12. The Bertz CT molecular complexity index is 953. The molecule has 3 aromatic rings. The van der Waals surface area contributed by atoms with Gasteiger partial charge in [-0.25, -0.2) is 4.98 Å². The van der Waals surface area contributed by atoms with Gasteiger partial charge in [-0.3, -0.25) is 0 Å². The molecular formula is C22H21Cl2N3. The molecule has 0 aliphatic carbocycles. The topological polar surface area (TPSA) is 41.6 Å².